The number of ether oxygens (including phenoxy) is 3. The van der Waals surface area contributed by atoms with E-state index in [-0.39, 0.29) is 6.61 Å². The van der Waals surface area contributed by atoms with Gasteiger partial charge in [-0.3, -0.25) is 0 Å². The number of carbonyl (C=O) groups is 2. The Hall–Kier alpha value is -2.18. The average molecular weight is 393 g/mol. The first-order valence-corrected chi connectivity index (χ1v) is 8.22. The minimum Gasteiger partial charge on any atom is -0.460 e. The quantitative estimate of drug-likeness (QED) is 0.406. The Morgan fingerprint density at radius 1 is 0.958 bits per heavy atom. The van der Waals surface area contributed by atoms with Crippen molar-refractivity contribution in [3.63, 3.8) is 0 Å². The van der Waals surface area contributed by atoms with Gasteiger partial charge < -0.3 is 14.2 Å². The molecule has 126 valence electrons. The SMILES string of the molecule is CCOCCOC(=O)c1ccc(OC(=O)c2ccccc2Br)cc1. The van der Waals surface area contributed by atoms with Gasteiger partial charge in [-0.15, -0.1) is 0 Å². The molecule has 0 bridgehead atoms. The van der Waals surface area contributed by atoms with Crippen molar-refractivity contribution < 1.29 is 23.8 Å². The van der Waals surface area contributed by atoms with Crippen LogP contribution < -0.4 is 4.74 Å². The van der Waals surface area contributed by atoms with E-state index >= 15 is 0 Å². The third kappa shape index (κ3) is 5.18. The summed E-state index contributed by atoms with van der Waals surface area (Å²) in [4.78, 5) is 23.9. The van der Waals surface area contributed by atoms with E-state index in [4.69, 9.17) is 14.2 Å². The van der Waals surface area contributed by atoms with Gasteiger partial charge in [0.05, 0.1) is 17.7 Å². The number of hydrogen-bond donors (Lipinski definition) is 0. The Bertz CT molecular complexity index is 697. The van der Waals surface area contributed by atoms with Crippen LogP contribution in [-0.4, -0.2) is 31.8 Å². The first kappa shape index (κ1) is 18.2. The van der Waals surface area contributed by atoms with Gasteiger partial charge in [-0.25, -0.2) is 9.59 Å². The van der Waals surface area contributed by atoms with Gasteiger partial charge in [0, 0.05) is 11.1 Å². The molecule has 2 aromatic carbocycles. The summed E-state index contributed by atoms with van der Waals surface area (Å²) in [5.74, 6) is -0.575. The second-order valence-electron chi connectivity index (χ2n) is 4.73. The Morgan fingerprint density at radius 3 is 2.33 bits per heavy atom. The normalized spacial score (nSPS) is 10.2. The van der Waals surface area contributed by atoms with Crippen LogP contribution in [0.25, 0.3) is 0 Å². The molecule has 0 saturated carbocycles. The maximum atomic E-state index is 12.1. The number of halogens is 1. The van der Waals surface area contributed by atoms with Gasteiger partial charge in [-0.1, -0.05) is 12.1 Å². The molecule has 0 aromatic heterocycles. The van der Waals surface area contributed by atoms with Crippen molar-refractivity contribution in [1.29, 1.82) is 0 Å². The fourth-order valence-corrected chi connectivity index (χ4v) is 2.32. The van der Waals surface area contributed by atoms with E-state index in [0.717, 1.165) is 0 Å². The van der Waals surface area contributed by atoms with E-state index < -0.39 is 11.9 Å². The molecule has 0 fully saturated rings. The smallest absolute Gasteiger partial charge is 0.344 e. The summed E-state index contributed by atoms with van der Waals surface area (Å²) in [5, 5.41) is 0. The van der Waals surface area contributed by atoms with Crippen molar-refractivity contribution in [2.75, 3.05) is 19.8 Å². The highest BCUT2D eigenvalue weighted by Gasteiger charge is 2.13. The summed E-state index contributed by atoms with van der Waals surface area (Å²) in [6.45, 7) is 3.01. The zero-order valence-electron chi connectivity index (χ0n) is 13.2. The monoisotopic (exact) mass is 392 g/mol. The van der Waals surface area contributed by atoms with Crippen LogP contribution >= 0.6 is 15.9 Å². The maximum absolute atomic E-state index is 12.1. The molecule has 0 radical (unpaired) electrons. The molecular weight excluding hydrogens is 376 g/mol. The van der Waals surface area contributed by atoms with Crippen molar-refractivity contribution in [2.24, 2.45) is 0 Å². The van der Waals surface area contributed by atoms with Crippen LogP contribution in [0.5, 0.6) is 5.75 Å². The molecule has 0 amide bonds. The van der Waals surface area contributed by atoms with E-state index in [0.29, 0.717) is 34.6 Å². The van der Waals surface area contributed by atoms with Crippen molar-refractivity contribution >= 4 is 27.9 Å². The van der Waals surface area contributed by atoms with Crippen LogP contribution in [0.4, 0.5) is 0 Å². The first-order chi connectivity index (χ1) is 11.6. The largest absolute Gasteiger partial charge is 0.460 e. The molecule has 0 spiro atoms. The van der Waals surface area contributed by atoms with Gasteiger partial charge in [0.25, 0.3) is 0 Å². The molecule has 0 atom stereocenters. The lowest BCUT2D eigenvalue weighted by atomic mass is 10.2. The third-order valence-electron chi connectivity index (χ3n) is 3.06. The van der Waals surface area contributed by atoms with E-state index in [1.807, 2.05) is 13.0 Å². The summed E-state index contributed by atoms with van der Waals surface area (Å²) in [5.41, 5.74) is 0.809. The molecular formula is C18H17BrO5. The second-order valence-corrected chi connectivity index (χ2v) is 5.58. The van der Waals surface area contributed by atoms with Crippen molar-refractivity contribution in [3.8, 4) is 5.75 Å². The van der Waals surface area contributed by atoms with E-state index in [2.05, 4.69) is 15.9 Å². The van der Waals surface area contributed by atoms with Crippen molar-refractivity contribution in [2.45, 2.75) is 6.92 Å². The highest BCUT2D eigenvalue weighted by Crippen LogP contribution is 2.19. The summed E-state index contributed by atoms with van der Waals surface area (Å²) in [6, 6.07) is 13.2. The van der Waals surface area contributed by atoms with Crippen molar-refractivity contribution in [1.82, 2.24) is 0 Å². The van der Waals surface area contributed by atoms with Crippen LogP contribution in [0.2, 0.25) is 0 Å². The van der Waals surface area contributed by atoms with E-state index in [9.17, 15) is 9.59 Å². The fourth-order valence-electron chi connectivity index (χ4n) is 1.87. The fraction of sp³-hybridized carbons (Fsp3) is 0.222. The van der Waals surface area contributed by atoms with Crippen LogP contribution in [0.1, 0.15) is 27.6 Å². The van der Waals surface area contributed by atoms with Crippen LogP contribution in [0.3, 0.4) is 0 Å². The Labute approximate surface area is 148 Å². The lowest BCUT2D eigenvalue weighted by molar-refractivity contribution is 0.0335. The predicted octanol–water partition coefficient (Wildman–Crippen LogP) is 3.86. The first-order valence-electron chi connectivity index (χ1n) is 7.43. The molecule has 0 aliphatic carbocycles. The number of benzene rings is 2. The molecule has 2 rings (SSSR count). The van der Waals surface area contributed by atoms with Gasteiger partial charge in [0.15, 0.2) is 0 Å². The minimum atomic E-state index is -0.477. The van der Waals surface area contributed by atoms with Gasteiger partial charge in [0.1, 0.15) is 12.4 Å². The van der Waals surface area contributed by atoms with Crippen LogP contribution in [0.15, 0.2) is 53.0 Å². The zero-order chi connectivity index (χ0) is 17.4. The molecule has 0 unspecified atom stereocenters. The Balaban J connectivity index is 1.93. The lowest BCUT2D eigenvalue weighted by Crippen LogP contribution is -2.11. The standard InChI is InChI=1S/C18H17BrO5/c1-2-22-11-12-23-17(20)13-7-9-14(10-8-13)24-18(21)15-5-3-4-6-16(15)19/h3-10H,2,11-12H2,1H3. The predicted molar refractivity (Wildman–Crippen MR) is 92.3 cm³/mol. The molecule has 0 saturated heterocycles. The highest BCUT2D eigenvalue weighted by molar-refractivity contribution is 9.10. The molecule has 2 aromatic rings. The highest BCUT2D eigenvalue weighted by atomic mass is 79.9. The molecule has 0 aliphatic heterocycles. The third-order valence-corrected chi connectivity index (χ3v) is 3.75. The second kappa shape index (κ2) is 9.20. The molecule has 5 nitrogen and oxygen atoms in total. The van der Waals surface area contributed by atoms with Gasteiger partial charge >= 0.3 is 11.9 Å². The Kier molecular flexibility index (Phi) is 6.96. The molecule has 0 N–H and O–H groups in total. The van der Waals surface area contributed by atoms with Gasteiger partial charge in [0.2, 0.25) is 0 Å². The summed E-state index contributed by atoms with van der Waals surface area (Å²) in [7, 11) is 0. The van der Waals surface area contributed by atoms with E-state index in [1.54, 1.807) is 42.5 Å². The summed E-state index contributed by atoms with van der Waals surface area (Å²) >= 11 is 3.30. The number of esters is 2. The van der Waals surface area contributed by atoms with Crippen molar-refractivity contribution in [3.05, 3.63) is 64.1 Å². The molecule has 0 heterocycles. The summed E-state index contributed by atoms with van der Waals surface area (Å²) in [6.07, 6.45) is 0. The number of rotatable bonds is 7. The number of carbonyl (C=O) groups excluding carboxylic acids is 2. The van der Waals surface area contributed by atoms with Crippen LogP contribution in [-0.2, 0) is 9.47 Å². The van der Waals surface area contributed by atoms with E-state index in [1.165, 1.54) is 0 Å². The number of hydrogen-bond acceptors (Lipinski definition) is 5. The lowest BCUT2D eigenvalue weighted by Gasteiger charge is -2.07. The molecule has 0 aliphatic rings. The topological polar surface area (TPSA) is 61.8 Å². The van der Waals surface area contributed by atoms with Crippen LogP contribution in [0, 0.1) is 0 Å². The maximum Gasteiger partial charge on any atom is 0.344 e. The zero-order valence-corrected chi connectivity index (χ0v) is 14.7. The molecule has 24 heavy (non-hydrogen) atoms. The van der Waals surface area contributed by atoms with Gasteiger partial charge in [-0.05, 0) is 59.3 Å². The molecule has 6 heteroatoms. The Morgan fingerprint density at radius 2 is 1.67 bits per heavy atom. The van der Waals surface area contributed by atoms with Gasteiger partial charge in [-0.2, -0.15) is 0 Å². The summed E-state index contributed by atoms with van der Waals surface area (Å²) < 4.78 is 16.1. The average Bonchev–Trinajstić information content (AvgIpc) is 2.59. The minimum absolute atomic E-state index is 0.200.